The summed E-state index contributed by atoms with van der Waals surface area (Å²) in [4.78, 5) is 11.7. The number of quaternary nitrogens is 1. The van der Waals surface area contributed by atoms with E-state index in [4.69, 9.17) is 0 Å². The molecule has 1 saturated heterocycles. The smallest absolute Gasteiger partial charge is 0.282 e. The predicted molar refractivity (Wildman–Crippen MR) is 54.9 cm³/mol. The number of benzene rings is 1. The van der Waals surface area contributed by atoms with Gasteiger partial charge in [-0.05, 0) is 12.1 Å². The predicted octanol–water partition coefficient (Wildman–Crippen LogP) is 0.351. The number of anilines is 1. The van der Waals surface area contributed by atoms with Crippen molar-refractivity contribution in [3.63, 3.8) is 0 Å². The molecule has 74 valence electrons. The molecule has 3 nitrogen and oxygen atoms in total. The maximum Gasteiger partial charge on any atom is 0.282 e. The third-order valence-corrected chi connectivity index (χ3v) is 2.55. The molecule has 1 aliphatic heterocycles. The molecule has 1 fully saturated rings. The summed E-state index contributed by atoms with van der Waals surface area (Å²) in [5, 5.41) is 5.02. The summed E-state index contributed by atoms with van der Waals surface area (Å²) >= 11 is 0. The van der Waals surface area contributed by atoms with Crippen LogP contribution in [0.15, 0.2) is 30.3 Å². The molecule has 1 aliphatic rings. The molecule has 0 aliphatic carbocycles. The van der Waals surface area contributed by atoms with E-state index in [1.165, 1.54) is 0 Å². The van der Waals surface area contributed by atoms with Gasteiger partial charge < -0.3 is 10.6 Å². The van der Waals surface area contributed by atoms with Gasteiger partial charge in [0.1, 0.15) is 0 Å². The summed E-state index contributed by atoms with van der Waals surface area (Å²) in [7, 11) is 0. The summed E-state index contributed by atoms with van der Waals surface area (Å²) in [5.74, 6) is 0.133. The van der Waals surface area contributed by atoms with Crippen molar-refractivity contribution in [3.8, 4) is 0 Å². The highest BCUT2D eigenvalue weighted by atomic mass is 16.2. The van der Waals surface area contributed by atoms with Crippen LogP contribution in [0.25, 0.3) is 0 Å². The second-order valence-electron chi connectivity index (χ2n) is 3.63. The lowest BCUT2D eigenvalue weighted by atomic mass is 10.2. The molecule has 0 radical (unpaired) electrons. The fourth-order valence-electron chi connectivity index (χ4n) is 1.77. The number of hydrogen-bond donors (Lipinski definition) is 2. The van der Waals surface area contributed by atoms with Gasteiger partial charge in [0.05, 0.1) is 6.54 Å². The second-order valence-corrected chi connectivity index (χ2v) is 3.63. The number of para-hydroxylation sites is 1. The molecule has 0 bridgehead atoms. The van der Waals surface area contributed by atoms with Gasteiger partial charge >= 0.3 is 0 Å². The monoisotopic (exact) mass is 191 g/mol. The Morgan fingerprint density at radius 2 is 2.14 bits per heavy atom. The molecular formula is C11H15N2O+. The molecule has 1 unspecified atom stereocenters. The fourth-order valence-corrected chi connectivity index (χ4v) is 1.77. The first-order valence-corrected chi connectivity index (χ1v) is 5.05. The minimum Gasteiger partial charge on any atom is -0.336 e. The van der Waals surface area contributed by atoms with Crippen LogP contribution in [0.1, 0.15) is 12.8 Å². The van der Waals surface area contributed by atoms with Crippen molar-refractivity contribution < 1.29 is 10.1 Å². The van der Waals surface area contributed by atoms with E-state index in [-0.39, 0.29) is 11.9 Å². The number of carbonyl (C=O) groups excluding carboxylic acids is 1. The zero-order valence-corrected chi connectivity index (χ0v) is 8.07. The van der Waals surface area contributed by atoms with Gasteiger partial charge in [0.15, 0.2) is 6.04 Å². The topological polar surface area (TPSA) is 45.7 Å². The summed E-state index contributed by atoms with van der Waals surface area (Å²) in [6.07, 6.45) is 2.14. The molecule has 1 heterocycles. The van der Waals surface area contributed by atoms with Crippen LogP contribution in [0.3, 0.4) is 0 Å². The van der Waals surface area contributed by atoms with Crippen LogP contribution in [-0.2, 0) is 4.79 Å². The first-order chi connectivity index (χ1) is 6.86. The Bertz CT molecular complexity index is 304. The van der Waals surface area contributed by atoms with Crippen molar-refractivity contribution in [3.05, 3.63) is 30.3 Å². The number of nitrogens with two attached hydrogens (primary N) is 1. The third kappa shape index (κ3) is 2.12. The van der Waals surface area contributed by atoms with Crippen molar-refractivity contribution in [2.45, 2.75) is 18.9 Å². The Morgan fingerprint density at radius 1 is 1.36 bits per heavy atom. The van der Waals surface area contributed by atoms with Gasteiger partial charge in [0.2, 0.25) is 0 Å². The van der Waals surface area contributed by atoms with Crippen molar-refractivity contribution in [2.75, 3.05) is 11.9 Å². The Morgan fingerprint density at radius 3 is 2.79 bits per heavy atom. The third-order valence-electron chi connectivity index (χ3n) is 2.55. The maximum absolute atomic E-state index is 11.7. The first kappa shape index (κ1) is 9.21. The van der Waals surface area contributed by atoms with Gasteiger partial charge in [0, 0.05) is 18.5 Å². The molecule has 2 rings (SSSR count). The molecule has 0 saturated carbocycles. The molecule has 1 atom stereocenters. The van der Waals surface area contributed by atoms with E-state index in [1.54, 1.807) is 0 Å². The lowest BCUT2D eigenvalue weighted by molar-refractivity contribution is -0.656. The zero-order valence-electron chi connectivity index (χ0n) is 8.07. The number of amides is 1. The SMILES string of the molecule is O=C(Nc1ccccc1)C1CCC[NH2+]1. The van der Waals surface area contributed by atoms with Crippen LogP contribution in [0.5, 0.6) is 0 Å². The van der Waals surface area contributed by atoms with Gasteiger partial charge in [0.25, 0.3) is 5.91 Å². The highest BCUT2D eigenvalue weighted by Gasteiger charge is 2.25. The van der Waals surface area contributed by atoms with Gasteiger partial charge in [-0.2, -0.15) is 0 Å². The van der Waals surface area contributed by atoms with Gasteiger partial charge in [-0.15, -0.1) is 0 Å². The normalized spacial score (nSPS) is 20.7. The number of nitrogens with one attached hydrogen (secondary N) is 1. The van der Waals surface area contributed by atoms with Crippen molar-refractivity contribution >= 4 is 11.6 Å². The number of rotatable bonds is 2. The van der Waals surface area contributed by atoms with Crippen LogP contribution in [0.4, 0.5) is 5.69 Å². The van der Waals surface area contributed by atoms with E-state index in [9.17, 15) is 4.79 Å². The number of carbonyl (C=O) groups is 1. The van der Waals surface area contributed by atoms with Gasteiger partial charge in [-0.1, -0.05) is 18.2 Å². The van der Waals surface area contributed by atoms with E-state index in [0.29, 0.717) is 0 Å². The van der Waals surface area contributed by atoms with Gasteiger partial charge in [-0.25, -0.2) is 0 Å². The number of hydrogen-bond acceptors (Lipinski definition) is 1. The Balaban J connectivity index is 1.94. The Hall–Kier alpha value is -1.35. The molecule has 1 aromatic carbocycles. The molecule has 3 heteroatoms. The summed E-state index contributed by atoms with van der Waals surface area (Å²) in [6, 6.07) is 9.73. The van der Waals surface area contributed by atoms with E-state index in [0.717, 1.165) is 25.1 Å². The van der Waals surface area contributed by atoms with E-state index in [2.05, 4.69) is 10.6 Å². The molecular weight excluding hydrogens is 176 g/mol. The van der Waals surface area contributed by atoms with Gasteiger partial charge in [-0.3, -0.25) is 4.79 Å². The molecule has 0 aromatic heterocycles. The first-order valence-electron chi connectivity index (χ1n) is 5.05. The minimum atomic E-state index is 0.121. The molecule has 14 heavy (non-hydrogen) atoms. The zero-order chi connectivity index (χ0) is 9.80. The molecule has 1 aromatic rings. The standard InChI is InChI=1S/C11H14N2O/c14-11(10-7-4-8-12-10)13-9-5-2-1-3-6-9/h1-3,5-6,10,12H,4,7-8H2,(H,13,14)/p+1. The maximum atomic E-state index is 11.7. The highest BCUT2D eigenvalue weighted by molar-refractivity contribution is 5.93. The van der Waals surface area contributed by atoms with Crippen LogP contribution < -0.4 is 10.6 Å². The second kappa shape index (κ2) is 4.24. The Labute approximate surface area is 83.5 Å². The minimum absolute atomic E-state index is 0.121. The van der Waals surface area contributed by atoms with E-state index < -0.39 is 0 Å². The highest BCUT2D eigenvalue weighted by Crippen LogP contribution is 2.07. The van der Waals surface area contributed by atoms with Crippen molar-refractivity contribution in [1.82, 2.24) is 0 Å². The lowest BCUT2D eigenvalue weighted by Gasteiger charge is -2.07. The lowest BCUT2D eigenvalue weighted by Crippen LogP contribution is -2.88. The van der Waals surface area contributed by atoms with Crippen LogP contribution in [0, 0.1) is 0 Å². The van der Waals surface area contributed by atoms with Crippen LogP contribution in [-0.4, -0.2) is 18.5 Å². The van der Waals surface area contributed by atoms with E-state index in [1.807, 2.05) is 30.3 Å². The van der Waals surface area contributed by atoms with Crippen LogP contribution in [0.2, 0.25) is 0 Å². The summed E-state index contributed by atoms with van der Waals surface area (Å²) in [5.41, 5.74) is 0.887. The largest absolute Gasteiger partial charge is 0.336 e. The van der Waals surface area contributed by atoms with E-state index >= 15 is 0 Å². The Kier molecular flexibility index (Phi) is 2.79. The molecule has 3 N–H and O–H groups in total. The van der Waals surface area contributed by atoms with Crippen molar-refractivity contribution in [2.24, 2.45) is 0 Å². The summed E-state index contributed by atoms with van der Waals surface area (Å²) in [6.45, 7) is 1.08. The average Bonchev–Trinajstić information content (AvgIpc) is 2.72. The average molecular weight is 191 g/mol. The molecule has 1 amide bonds. The summed E-state index contributed by atoms with van der Waals surface area (Å²) < 4.78 is 0. The van der Waals surface area contributed by atoms with Crippen LogP contribution >= 0.6 is 0 Å². The fraction of sp³-hybridized carbons (Fsp3) is 0.364. The quantitative estimate of drug-likeness (QED) is 0.696. The van der Waals surface area contributed by atoms with Crippen molar-refractivity contribution in [1.29, 1.82) is 0 Å². The molecule has 0 spiro atoms.